The maximum atomic E-state index is 10.6. The molecule has 0 spiro atoms. The Morgan fingerprint density at radius 2 is 1.88 bits per heavy atom. The molecule has 0 aromatic heterocycles. The van der Waals surface area contributed by atoms with E-state index < -0.39 is 11.8 Å². The Hall–Kier alpha value is -1.71. The lowest BCUT2D eigenvalue weighted by molar-refractivity contribution is -0.136. The second kappa shape index (κ2) is 4.28. The van der Waals surface area contributed by atoms with E-state index in [4.69, 9.17) is 14.6 Å². The molecule has 4 nitrogen and oxygen atoms in total. The van der Waals surface area contributed by atoms with Crippen LogP contribution in [0.2, 0.25) is 0 Å². The van der Waals surface area contributed by atoms with E-state index >= 15 is 0 Å². The molecular formula is C13H16O4. The van der Waals surface area contributed by atoms with Crippen molar-refractivity contribution < 1.29 is 19.4 Å². The van der Waals surface area contributed by atoms with Crippen molar-refractivity contribution in [3.63, 3.8) is 0 Å². The third-order valence-corrected chi connectivity index (χ3v) is 3.03. The van der Waals surface area contributed by atoms with Gasteiger partial charge in [-0.25, -0.2) is 0 Å². The number of carboxylic acids is 1. The van der Waals surface area contributed by atoms with E-state index in [1.165, 1.54) is 0 Å². The molecule has 1 aliphatic rings. The van der Waals surface area contributed by atoms with Crippen LogP contribution in [-0.2, 0) is 11.2 Å². The third kappa shape index (κ3) is 2.20. The zero-order valence-electron chi connectivity index (χ0n) is 10.0. The van der Waals surface area contributed by atoms with Gasteiger partial charge in [-0.3, -0.25) is 4.79 Å². The molecule has 0 aliphatic carbocycles. The van der Waals surface area contributed by atoms with Crippen LogP contribution < -0.4 is 9.47 Å². The number of rotatable bonds is 4. The Balaban J connectivity index is 2.24. The van der Waals surface area contributed by atoms with Gasteiger partial charge in [-0.2, -0.15) is 0 Å². The zero-order valence-corrected chi connectivity index (χ0v) is 10.0. The van der Waals surface area contributed by atoms with Gasteiger partial charge in [-0.1, -0.05) is 19.9 Å². The van der Waals surface area contributed by atoms with Gasteiger partial charge in [0.15, 0.2) is 11.5 Å². The summed E-state index contributed by atoms with van der Waals surface area (Å²) in [6.07, 6.45) is 1.51. The maximum Gasteiger partial charge on any atom is 0.307 e. The molecule has 0 bridgehead atoms. The first kappa shape index (κ1) is 11.8. The average Bonchev–Trinajstić information content (AvgIpc) is 2.67. The van der Waals surface area contributed by atoms with Crippen LogP contribution in [0.5, 0.6) is 11.5 Å². The van der Waals surface area contributed by atoms with Gasteiger partial charge in [-0.15, -0.1) is 0 Å². The van der Waals surface area contributed by atoms with E-state index in [2.05, 4.69) is 0 Å². The van der Waals surface area contributed by atoms with Crippen LogP contribution in [0, 0.1) is 0 Å². The maximum absolute atomic E-state index is 10.6. The molecule has 2 rings (SSSR count). The molecule has 92 valence electrons. The summed E-state index contributed by atoms with van der Waals surface area (Å²) in [6.45, 7) is 4.01. The molecule has 1 heterocycles. The van der Waals surface area contributed by atoms with Crippen LogP contribution in [-0.4, -0.2) is 16.9 Å². The molecule has 0 atom stereocenters. The van der Waals surface area contributed by atoms with Gasteiger partial charge < -0.3 is 14.6 Å². The van der Waals surface area contributed by atoms with E-state index in [1.807, 2.05) is 13.8 Å². The summed E-state index contributed by atoms with van der Waals surface area (Å²) in [6, 6.07) is 5.29. The number of hydrogen-bond donors (Lipinski definition) is 1. The fraction of sp³-hybridized carbons (Fsp3) is 0.462. The van der Waals surface area contributed by atoms with Gasteiger partial charge in [0, 0.05) is 12.8 Å². The van der Waals surface area contributed by atoms with E-state index in [1.54, 1.807) is 18.2 Å². The van der Waals surface area contributed by atoms with Gasteiger partial charge in [0.1, 0.15) is 0 Å². The highest BCUT2D eigenvalue weighted by atomic mass is 16.7. The standard InChI is InChI=1S/C13H16O4/c1-3-13(4-2)16-10-6-5-9(8-12(14)15)7-11(10)17-13/h5-7H,3-4,8H2,1-2H3,(H,14,15). The van der Waals surface area contributed by atoms with Crippen molar-refractivity contribution in [1.82, 2.24) is 0 Å². The lowest BCUT2D eigenvalue weighted by Gasteiger charge is -2.24. The molecule has 0 amide bonds. The summed E-state index contributed by atoms with van der Waals surface area (Å²) < 4.78 is 11.6. The Morgan fingerprint density at radius 1 is 1.24 bits per heavy atom. The third-order valence-electron chi connectivity index (χ3n) is 3.03. The van der Waals surface area contributed by atoms with E-state index in [9.17, 15) is 4.79 Å². The predicted molar refractivity (Wildman–Crippen MR) is 62.4 cm³/mol. The largest absolute Gasteiger partial charge is 0.481 e. The van der Waals surface area contributed by atoms with Gasteiger partial charge in [-0.05, 0) is 17.7 Å². The second-order valence-corrected chi connectivity index (χ2v) is 4.17. The van der Waals surface area contributed by atoms with Crippen LogP contribution in [0.25, 0.3) is 0 Å². The van der Waals surface area contributed by atoms with Crippen LogP contribution in [0.1, 0.15) is 32.3 Å². The molecule has 0 unspecified atom stereocenters. The topological polar surface area (TPSA) is 55.8 Å². The van der Waals surface area contributed by atoms with Crippen LogP contribution >= 0.6 is 0 Å². The summed E-state index contributed by atoms with van der Waals surface area (Å²) in [4.78, 5) is 10.6. The number of carboxylic acid groups (broad SMARTS) is 1. The van der Waals surface area contributed by atoms with Crippen molar-refractivity contribution in [1.29, 1.82) is 0 Å². The van der Waals surface area contributed by atoms with Crippen molar-refractivity contribution in [3.8, 4) is 11.5 Å². The fourth-order valence-corrected chi connectivity index (χ4v) is 1.96. The first-order valence-corrected chi connectivity index (χ1v) is 5.81. The highest BCUT2D eigenvalue weighted by Crippen LogP contribution is 2.42. The fourth-order valence-electron chi connectivity index (χ4n) is 1.96. The number of carbonyl (C=O) groups is 1. The molecule has 0 saturated carbocycles. The Morgan fingerprint density at radius 3 is 2.47 bits per heavy atom. The number of ether oxygens (including phenoxy) is 2. The molecule has 1 aromatic rings. The summed E-state index contributed by atoms with van der Waals surface area (Å²) in [5, 5.41) is 8.74. The second-order valence-electron chi connectivity index (χ2n) is 4.17. The van der Waals surface area contributed by atoms with Gasteiger partial charge in [0.05, 0.1) is 6.42 Å². The van der Waals surface area contributed by atoms with Crippen molar-refractivity contribution >= 4 is 5.97 Å². The van der Waals surface area contributed by atoms with E-state index in [0.717, 1.165) is 18.4 Å². The first-order chi connectivity index (χ1) is 8.08. The highest BCUT2D eigenvalue weighted by molar-refractivity contribution is 5.70. The molecule has 0 fully saturated rings. The summed E-state index contributed by atoms with van der Waals surface area (Å²) in [5.41, 5.74) is 0.725. The summed E-state index contributed by atoms with van der Waals surface area (Å²) in [7, 11) is 0. The molecular weight excluding hydrogens is 220 g/mol. The smallest absolute Gasteiger partial charge is 0.307 e. The quantitative estimate of drug-likeness (QED) is 0.873. The summed E-state index contributed by atoms with van der Waals surface area (Å²) >= 11 is 0. The zero-order chi connectivity index (χ0) is 12.5. The number of fused-ring (bicyclic) bond motifs is 1. The van der Waals surface area contributed by atoms with Crippen LogP contribution in [0.3, 0.4) is 0 Å². The van der Waals surface area contributed by atoms with Crippen LogP contribution in [0.15, 0.2) is 18.2 Å². The lowest BCUT2D eigenvalue weighted by Crippen LogP contribution is -2.36. The molecule has 0 radical (unpaired) electrons. The molecule has 1 N–H and O–H groups in total. The number of hydrogen-bond acceptors (Lipinski definition) is 3. The van der Waals surface area contributed by atoms with Crippen LogP contribution in [0.4, 0.5) is 0 Å². The molecule has 1 aliphatic heterocycles. The normalized spacial score (nSPS) is 15.9. The Kier molecular flexibility index (Phi) is 2.96. The lowest BCUT2D eigenvalue weighted by atomic mass is 10.1. The van der Waals surface area contributed by atoms with Gasteiger partial charge in [0.25, 0.3) is 5.79 Å². The minimum absolute atomic E-state index is 0.00187. The van der Waals surface area contributed by atoms with Crippen molar-refractivity contribution in [2.45, 2.75) is 38.9 Å². The molecule has 4 heteroatoms. The van der Waals surface area contributed by atoms with Crippen molar-refractivity contribution in [3.05, 3.63) is 23.8 Å². The minimum atomic E-state index is -0.846. The predicted octanol–water partition coefficient (Wildman–Crippen LogP) is 2.60. The minimum Gasteiger partial charge on any atom is -0.481 e. The average molecular weight is 236 g/mol. The monoisotopic (exact) mass is 236 g/mol. The highest BCUT2D eigenvalue weighted by Gasteiger charge is 2.38. The molecule has 17 heavy (non-hydrogen) atoms. The van der Waals surface area contributed by atoms with E-state index in [0.29, 0.717) is 11.5 Å². The number of benzene rings is 1. The Labute approximate surface area is 100 Å². The Bertz CT molecular complexity index is 435. The number of aliphatic carboxylic acids is 1. The SMILES string of the molecule is CCC1(CC)Oc2ccc(CC(=O)O)cc2O1. The van der Waals surface area contributed by atoms with E-state index in [-0.39, 0.29) is 6.42 Å². The van der Waals surface area contributed by atoms with Gasteiger partial charge >= 0.3 is 5.97 Å². The molecule has 0 saturated heterocycles. The molecule has 1 aromatic carbocycles. The summed E-state index contributed by atoms with van der Waals surface area (Å²) in [5.74, 6) is -0.0825. The first-order valence-electron chi connectivity index (χ1n) is 5.81. The van der Waals surface area contributed by atoms with Crippen molar-refractivity contribution in [2.24, 2.45) is 0 Å². The van der Waals surface area contributed by atoms with Crippen molar-refractivity contribution in [2.75, 3.05) is 0 Å². The van der Waals surface area contributed by atoms with Gasteiger partial charge in [0.2, 0.25) is 0 Å².